The van der Waals surface area contributed by atoms with Crippen LogP contribution in [-0.2, 0) is 16.1 Å². The van der Waals surface area contributed by atoms with Gasteiger partial charge >= 0.3 is 5.97 Å². The molecule has 132 valence electrons. The molecule has 6 heteroatoms. The van der Waals surface area contributed by atoms with Crippen molar-refractivity contribution in [1.82, 2.24) is 14.3 Å². The maximum Gasteiger partial charge on any atom is 0.323 e. The minimum Gasteiger partial charge on any atom is -0.468 e. The van der Waals surface area contributed by atoms with E-state index in [2.05, 4.69) is 9.88 Å². The Morgan fingerprint density at radius 3 is 3.00 bits per heavy atom. The van der Waals surface area contributed by atoms with E-state index in [1.54, 1.807) is 12.3 Å². The van der Waals surface area contributed by atoms with E-state index in [9.17, 15) is 9.59 Å². The summed E-state index contributed by atoms with van der Waals surface area (Å²) in [5.41, 5.74) is 1.27. The van der Waals surface area contributed by atoms with Crippen LogP contribution in [0, 0.1) is 5.92 Å². The Morgan fingerprint density at radius 2 is 2.16 bits per heavy atom. The summed E-state index contributed by atoms with van der Waals surface area (Å²) in [5.74, 6) is 0.367. The van der Waals surface area contributed by atoms with E-state index in [0.717, 1.165) is 18.5 Å². The van der Waals surface area contributed by atoms with Crippen LogP contribution in [0.4, 0.5) is 0 Å². The predicted molar refractivity (Wildman–Crippen MR) is 93.2 cm³/mol. The SMILES string of the molecule is COC(=O)C1CC2CCCCC2N1Cc1cc(=O)n2ccccc2n1. The molecule has 0 N–H and O–H groups in total. The summed E-state index contributed by atoms with van der Waals surface area (Å²) in [6.45, 7) is 0.515. The lowest BCUT2D eigenvalue weighted by Gasteiger charge is -2.32. The molecule has 2 fully saturated rings. The van der Waals surface area contributed by atoms with Gasteiger partial charge < -0.3 is 4.74 Å². The number of methoxy groups -OCH3 is 1. The molecule has 1 saturated carbocycles. The predicted octanol–water partition coefficient (Wildman–Crippen LogP) is 2.00. The number of pyridine rings is 1. The molecule has 1 aliphatic carbocycles. The lowest BCUT2D eigenvalue weighted by molar-refractivity contribution is -0.146. The van der Waals surface area contributed by atoms with Crippen molar-refractivity contribution in [2.24, 2.45) is 5.92 Å². The molecule has 0 spiro atoms. The number of aromatic nitrogens is 2. The van der Waals surface area contributed by atoms with E-state index in [1.807, 2.05) is 18.2 Å². The number of ether oxygens (including phenoxy) is 1. The van der Waals surface area contributed by atoms with Crippen LogP contribution in [0.25, 0.3) is 5.65 Å². The van der Waals surface area contributed by atoms with Crippen molar-refractivity contribution in [3.8, 4) is 0 Å². The first-order chi connectivity index (χ1) is 12.2. The first-order valence-corrected chi connectivity index (χ1v) is 8.98. The van der Waals surface area contributed by atoms with Crippen LogP contribution in [-0.4, -0.2) is 39.4 Å². The first-order valence-electron chi connectivity index (χ1n) is 8.98. The molecule has 3 heterocycles. The molecule has 3 unspecified atom stereocenters. The zero-order valence-electron chi connectivity index (χ0n) is 14.4. The molecule has 6 nitrogen and oxygen atoms in total. The molecule has 0 aromatic carbocycles. The number of esters is 1. The van der Waals surface area contributed by atoms with E-state index in [4.69, 9.17) is 4.74 Å². The van der Waals surface area contributed by atoms with Crippen LogP contribution < -0.4 is 5.56 Å². The van der Waals surface area contributed by atoms with Crippen LogP contribution in [0.5, 0.6) is 0 Å². The van der Waals surface area contributed by atoms with Crippen molar-refractivity contribution in [1.29, 1.82) is 0 Å². The number of nitrogens with zero attached hydrogens (tertiary/aromatic N) is 3. The van der Waals surface area contributed by atoms with E-state index in [0.29, 0.717) is 24.2 Å². The zero-order chi connectivity index (χ0) is 17.4. The van der Waals surface area contributed by atoms with E-state index >= 15 is 0 Å². The smallest absolute Gasteiger partial charge is 0.323 e. The van der Waals surface area contributed by atoms with Gasteiger partial charge in [0.25, 0.3) is 5.56 Å². The van der Waals surface area contributed by atoms with Gasteiger partial charge in [0.05, 0.1) is 12.8 Å². The lowest BCUT2D eigenvalue weighted by atomic mass is 9.85. The summed E-state index contributed by atoms with van der Waals surface area (Å²) in [4.78, 5) is 31.5. The van der Waals surface area contributed by atoms with Crippen molar-refractivity contribution < 1.29 is 9.53 Å². The minimum absolute atomic E-state index is 0.0883. The van der Waals surface area contributed by atoms with Gasteiger partial charge in [0.1, 0.15) is 11.7 Å². The number of likely N-dealkylation sites (tertiary alicyclic amines) is 1. The fourth-order valence-corrected chi connectivity index (χ4v) is 4.52. The average Bonchev–Trinajstić information content (AvgIpc) is 3.00. The third-order valence-corrected chi connectivity index (χ3v) is 5.66. The van der Waals surface area contributed by atoms with Gasteiger partial charge in [-0.1, -0.05) is 18.9 Å². The van der Waals surface area contributed by atoms with Gasteiger partial charge in [0.15, 0.2) is 0 Å². The fraction of sp³-hybridized carbons (Fsp3) is 0.526. The van der Waals surface area contributed by atoms with Gasteiger partial charge in [0.2, 0.25) is 0 Å². The molecule has 2 aliphatic rings. The molecule has 1 aliphatic heterocycles. The lowest BCUT2D eigenvalue weighted by Crippen LogP contribution is -2.42. The van der Waals surface area contributed by atoms with Gasteiger partial charge in [0, 0.05) is 24.8 Å². The zero-order valence-corrected chi connectivity index (χ0v) is 14.4. The van der Waals surface area contributed by atoms with Crippen molar-refractivity contribution in [3.05, 3.63) is 46.5 Å². The van der Waals surface area contributed by atoms with Crippen LogP contribution in [0.1, 0.15) is 37.8 Å². The molecule has 2 aromatic heterocycles. The fourth-order valence-electron chi connectivity index (χ4n) is 4.52. The highest BCUT2D eigenvalue weighted by molar-refractivity contribution is 5.76. The van der Waals surface area contributed by atoms with Crippen molar-refractivity contribution in [2.45, 2.75) is 50.7 Å². The van der Waals surface area contributed by atoms with Crippen LogP contribution >= 0.6 is 0 Å². The first kappa shape index (κ1) is 16.3. The summed E-state index contributed by atoms with van der Waals surface area (Å²) in [6, 6.07) is 7.25. The highest BCUT2D eigenvalue weighted by Crippen LogP contribution is 2.40. The molecule has 0 amide bonds. The maximum absolute atomic E-state index is 12.3. The van der Waals surface area contributed by atoms with Crippen molar-refractivity contribution in [2.75, 3.05) is 7.11 Å². The van der Waals surface area contributed by atoms with Crippen LogP contribution in [0.2, 0.25) is 0 Å². The summed E-state index contributed by atoms with van der Waals surface area (Å²) in [6.07, 6.45) is 7.27. The molecule has 0 bridgehead atoms. The summed E-state index contributed by atoms with van der Waals surface area (Å²) < 4.78 is 6.57. The summed E-state index contributed by atoms with van der Waals surface area (Å²) >= 11 is 0. The number of hydrogen-bond donors (Lipinski definition) is 0. The summed E-state index contributed by atoms with van der Waals surface area (Å²) in [7, 11) is 1.45. The molecule has 0 radical (unpaired) electrons. The van der Waals surface area contributed by atoms with Gasteiger partial charge in [-0.05, 0) is 37.3 Å². The average molecular weight is 341 g/mol. The standard InChI is InChI=1S/C19H23N3O3/c1-25-19(24)16-10-13-6-2-3-7-15(13)22(16)12-14-11-18(23)21-9-5-4-8-17(21)20-14/h4-5,8-9,11,13,15-16H,2-3,6-7,10,12H2,1H3. The Labute approximate surface area is 146 Å². The minimum atomic E-state index is -0.228. The molecule has 1 saturated heterocycles. The Morgan fingerprint density at radius 1 is 1.32 bits per heavy atom. The highest BCUT2D eigenvalue weighted by Gasteiger charge is 2.45. The highest BCUT2D eigenvalue weighted by atomic mass is 16.5. The van der Waals surface area contributed by atoms with Crippen LogP contribution in [0.15, 0.2) is 35.3 Å². The number of rotatable bonds is 3. The van der Waals surface area contributed by atoms with Crippen LogP contribution in [0.3, 0.4) is 0 Å². The van der Waals surface area contributed by atoms with Crippen molar-refractivity contribution >= 4 is 11.6 Å². The van der Waals surface area contributed by atoms with Gasteiger partial charge in [-0.25, -0.2) is 4.98 Å². The second kappa shape index (κ2) is 6.59. The second-order valence-electron chi connectivity index (χ2n) is 7.07. The van der Waals surface area contributed by atoms with E-state index < -0.39 is 0 Å². The van der Waals surface area contributed by atoms with Gasteiger partial charge in [-0.15, -0.1) is 0 Å². The molecular weight excluding hydrogens is 318 g/mol. The Balaban J connectivity index is 1.67. The third kappa shape index (κ3) is 2.95. The van der Waals surface area contributed by atoms with E-state index in [-0.39, 0.29) is 17.6 Å². The molecular formula is C19H23N3O3. The molecule has 3 atom stereocenters. The maximum atomic E-state index is 12.3. The number of carbonyl (C=O) groups is 1. The summed E-state index contributed by atoms with van der Waals surface area (Å²) in [5, 5.41) is 0. The largest absolute Gasteiger partial charge is 0.468 e. The normalized spacial score (nSPS) is 26.5. The topological polar surface area (TPSA) is 63.9 Å². The molecule has 2 aromatic rings. The Hall–Kier alpha value is -2.21. The quantitative estimate of drug-likeness (QED) is 0.799. The molecule has 25 heavy (non-hydrogen) atoms. The third-order valence-electron chi connectivity index (χ3n) is 5.66. The molecule has 4 rings (SSSR count). The Kier molecular flexibility index (Phi) is 4.29. The Bertz CT molecular complexity index is 847. The van der Waals surface area contributed by atoms with Gasteiger partial charge in [-0.2, -0.15) is 0 Å². The van der Waals surface area contributed by atoms with Crippen molar-refractivity contribution in [3.63, 3.8) is 0 Å². The monoisotopic (exact) mass is 341 g/mol. The second-order valence-corrected chi connectivity index (χ2v) is 7.07. The van der Waals surface area contributed by atoms with E-state index in [1.165, 1.54) is 30.8 Å². The van der Waals surface area contributed by atoms with Gasteiger partial charge in [-0.3, -0.25) is 18.9 Å². The number of carbonyl (C=O) groups excluding carboxylic acids is 1. The number of hydrogen-bond acceptors (Lipinski definition) is 5. The number of fused-ring (bicyclic) bond motifs is 2.